The summed E-state index contributed by atoms with van der Waals surface area (Å²) in [5.74, 6) is -6.11. The highest BCUT2D eigenvalue weighted by molar-refractivity contribution is 7.99. The topological polar surface area (TPSA) is 61.0 Å². The lowest BCUT2D eigenvalue weighted by atomic mass is 10.2. The summed E-state index contributed by atoms with van der Waals surface area (Å²) in [6, 6.07) is 6.57. The van der Waals surface area contributed by atoms with Crippen LogP contribution in [0.4, 0.5) is 17.6 Å². The quantitative estimate of drug-likeness (QED) is 0.522. The maximum Gasteiger partial charge on any atom is 0.281 e. The van der Waals surface area contributed by atoms with E-state index in [0.717, 1.165) is 0 Å². The Hall–Kier alpha value is -2.62. The highest BCUT2D eigenvalue weighted by Crippen LogP contribution is 2.34. The largest absolute Gasteiger partial charge is 0.497 e. The maximum absolute atomic E-state index is 13.6. The van der Waals surface area contributed by atoms with E-state index in [1.165, 1.54) is 7.11 Å². The molecule has 0 aliphatic carbocycles. The minimum absolute atomic E-state index is 0.0657. The second-order valence-electron chi connectivity index (χ2n) is 4.35. The van der Waals surface area contributed by atoms with Gasteiger partial charge in [0.15, 0.2) is 11.6 Å². The van der Waals surface area contributed by atoms with Crippen molar-refractivity contribution in [2.45, 2.75) is 10.1 Å². The van der Waals surface area contributed by atoms with Crippen LogP contribution in [-0.4, -0.2) is 22.3 Å². The van der Waals surface area contributed by atoms with Crippen LogP contribution in [0, 0.1) is 23.5 Å². The van der Waals surface area contributed by atoms with Gasteiger partial charge in [0.1, 0.15) is 5.75 Å². The van der Waals surface area contributed by atoms with Gasteiger partial charge in [0.05, 0.1) is 12.0 Å². The van der Waals surface area contributed by atoms with E-state index < -0.39 is 28.4 Å². The van der Waals surface area contributed by atoms with E-state index in [0.29, 0.717) is 11.3 Å². The molecule has 2 aromatic heterocycles. The molecular formula is C14H7F4N3O2S. The normalized spacial score (nSPS) is 10.9. The van der Waals surface area contributed by atoms with Crippen molar-refractivity contribution in [3.8, 4) is 17.2 Å². The molecule has 5 nitrogen and oxygen atoms in total. The van der Waals surface area contributed by atoms with Gasteiger partial charge in [-0.1, -0.05) is 0 Å². The number of benzene rings is 1. The number of halogens is 4. The first kappa shape index (κ1) is 16.2. The van der Waals surface area contributed by atoms with Gasteiger partial charge < -0.3 is 9.15 Å². The summed E-state index contributed by atoms with van der Waals surface area (Å²) >= 11 is 0.257. The van der Waals surface area contributed by atoms with Crippen molar-refractivity contribution in [3.05, 3.63) is 47.8 Å². The molecule has 0 amide bonds. The molecular weight excluding hydrogens is 350 g/mol. The predicted molar refractivity (Wildman–Crippen MR) is 74.5 cm³/mol. The highest BCUT2D eigenvalue weighted by Gasteiger charge is 2.23. The van der Waals surface area contributed by atoms with Crippen LogP contribution in [0.1, 0.15) is 0 Å². The van der Waals surface area contributed by atoms with Crippen molar-refractivity contribution in [3.63, 3.8) is 0 Å². The number of methoxy groups -OCH3 is 1. The van der Waals surface area contributed by atoms with E-state index in [2.05, 4.69) is 15.2 Å². The van der Waals surface area contributed by atoms with Crippen LogP contribution in [0.25, 0.3) is 11.5 Å². The number of hydrogen-bond donors (Lipinski definition) is 0. The average molecular weight is 357 g/mol. The molecule has 0 bridgehead atoms. The molecule has 0 atom stereocenters. The summed E-state index contributed by atoms with van der Waals surface area (Å²) in [7, 11) is 1.51. The first-order chi connectivity index (χ1) is 11.5. The first-order valence-electron chi connectivity index (χ1n) is 6.35. The van der Waals surface area contributed by atoms with Crippen LogP contribution >= 0.6 is 11.8 Å². The Morgan fingerprint density at radius 3 is 2.17 bits per heavy atom. The van der Waals surface area contributed by atoms with Gasteiger partial charge >= 0.3 is 0 Å². The van der Waals surface area contributed by atoms with E-state index >= 15 is 0 Å². The molecule has 10 heteroatoms. The third-order valence-corrected chi connectivity index (χ3v) is 3.79. The molecule has 1 aromatic carbocycles. The number of nitrogens with zero attached hydrogens (tertiary/aromatic N) is 3. The van der Waals surface area contributed by atoms with E-state index in [1.54, 1.807) is 24.3 Å². The fourth-order valence-electron chi connectivity index (χ4n) is 1.75. The Morgan fingerprint density at radius 1 is 0.958 bits per heavy atom. The van der Waals surface area contributed by atoms with Crippen LogP contribution in [0.2, 0.25) is 0 Å². The zero-order valence-corrected chi connectivity index (χ0v) is 12.7. The number of aromatic nitrogens is 3. The lowest BCUT2D eigenvalue weighted by Crippen LogP contribution is -2.01. The third-order valence-electron chi connectivity index (χ3n) is 2.89. The van der Waals surface area contributed by atoms with Crippen molar-refractivity contribution >= 4 is 11.8 Å². The van der Waals surface area contributed by atoms with Gasteiger partial charge in [-0.2, -0.15) is 13.8 Å². The van der Waals surface area contributed by atoms with E-state index in [1.807, 2.05) is 0 Å². The van der Waals surface area contributed by atoms with E-state index in [4.69, 9.17) is 9.15 Å². The smallest absolute Gasteiger partial charge is 0.281 e. The molecule has 3 aromatic rings. The molecule has 0 aliphatic heterocycles. The summed E-state index contributed by atoms with van der Waals surface area (Å²) in [6.45, 7) is 0. The minimum atomic E-state index is -1.76. The molecule has 0 radical (unpaired) electrons. The number of ether oxygens (including phenoxy) is 1. The lowest BCUT2D eigenvalue weighted by molar-refractivity contribution is 0.382. The zero-order valence-electron chi connectivity index (χ0n) is 11.9. The Labute approximate surface area is 136 Å². The Morgan fingerprint density at radius 2 is 1.58 bits per heavy atom. The lowest BCUT2D eigenvalue weighted by Gasteiger charge is -2.02. The molecule has 124 valence electrons. The van der Waals surface area contributed by atoms with Crippen LogP contribution < -0.4 is 4.74 Å². The minimum Gasteiger partial charge on any atom is -0.497 e. The summed E-state index contributed by atoms with van der Waals surface area (Å²) in [5.41, 5.74) is 0.531. The SMILES string of the molecule is COc1ccc(-c2nnc(Sc3c(F)c(F)nc(F)c3F)o2)cc1. The first-order valence-corrected chi connectivity index (χ1v) is 7.17. The van der Waals surface area contributed by atoms with Crippen molar-refractivity contribution in [2.75, 3.05) is 7.11 Å². The molecule has 0 unspecified atom stereocenters. The van der Waals surface area contributed by atoms with Gasteiger partial charge in [-0.15, -0.1) is 10.2 Å². The third kappa shape index (κ3) is 3.04. The monoisotopic (exact) mass is 357 g/mol. The fraction of sp³-hybridized carbons (Fsp3) is 0.0714. The van der Waals surface area contributed by atoms with Gasteiger partial charge in [-0.25, -0.2) is 8.78 Å². The second kappa shape index (κ2) is 6.48. The van der Waals surface area contributed by atoms with Gasteiger partial charge in [0.25, 0.3) is 17.1 Å². The van der Waals surface area contributed by atoms with Crippen LogP contribution in [0.15, 0.2) is 38.8 Å². The standard InChI is InChI=1S/C14H7F4N3O2S/c1-22-7-4-2-6(3-5-7)13-20-21-14(23-13)24-10-8(15)11(17)19-12(18)9(10)16/h2-5H,1H3. The average Bonchev–Trinajstić information content (AvgIpc) is 3.06. The molecule has 3 rings (SSSR count). The Balaban J connectivity index is 1.89. The fourth-order valence-corrected chi connectivity index (χ4v) is 2.47. The number of hydrogen-bond acceptors (Lipinski definition) is 6. The molecule has 0 saturated heterocycles. The van der Waals surface area contributed by atoms with Gasteiger partial charge in [0, 0.05) is 5.56 Å². The van der Waals surface area contributed by atoms with Crippen molar-refractivity contribution in [1.82, 2.24) is 15.2 Å². The molecule has 0 saturated carbocycles. The van der Waals surface area contributed by atoms with E-state index in [9.17, 15) is 17.6 Å². The summed E-state index contributed by atoms with van der Waals surface area (Å²) < 4.78 is 63.5. The van der Waals surface area contributed by atoms with Gasteiger partial charge in [-0.3, -0.25) is 0 Å². The number of rotatable bonds is 4. The van der Waals surface area contributed by atoms with Gasteiger partial charge in [0.2, 0.25) is 5.89 Å². The molecule has 0 N–H and O–H groups in total. The second-order valence-corrected chi connectivity index (χ2v) is 5.32. The summed E-state index contributed by atoms with van der Waals surface area (Å²) in [5, 5.41) is 7.02. The van der Waals surface area contributed by atoms with E-state index in [-0.39, 0.29) is 22.9 Å². The van der Waals surface area contributed by atoms with Gasteiger partial charge in [-0.05, 0) is 36.0 Å². The van der Waals surface area contributed by atoms with Crippen molar-refractivity contribution in [2.24, 2.45) is 0 Å². The van der Waals surface area contributed by atoms with Crippen LogP contribution in [0.5, 0.6) is 5.75 Å². The predicted octanol–water partition coefficient (Wildman–Crippen LogP) is 3.85. The molecule has 2 heterocycles. The summed E-state index contributed by atoms with van der Waals surface area (Å²) in [4.78, 5) is 1.52. The number of pyridine rings is 1. The molecule has 0 spiro atoms. The zero-order chi connectivity index (χ0) is 17.3. The van der Waals surface area contributed by atoms with Crippen molar-refractivity contribution in [1.29, 1.82) is 0 Å². The van der Waals surface area contributed by atoms with Crippen LogP contribution in [0.3, 0.4) is 0 Å². The molecule has 24 heavy (non-hydrogen) atoms. The highest BCUT2D eigenvalue weighted by atomic mass is 32.2. The van der Waals surface area contributed by atoms with Crippen molar-refractivity contribution < 1.29 is 26.7 Å². The maximum atomic E-state index is 13.6. The molecule has 0 aliphatic rings. The summed E-state index contributed by atoms with van der Waals surface area (Å²) in [6.07, 6.45) is 0. The van der Waals surface area contributed by atoms with Crippen LogP contribution in [-0.2, 0) is 0 Å². The molecule has 0 fully saturated rings. The Kier molecular flexibility index (Phi) is 4.38. The Bertz CT molecular complexity index is 860.